The summed E-state index contributed by atoms with van der Waals surface area (Å²) in [5.74, 6) is -0.937. The molecule has 0 spiro atoms. The summed E-state index contributed by atoms with van der Waals surface area (Å²) in [6.45, 7) is 1.82. The lowest BCUT2D eigenvalue weighted by Crippen LogP contribution is -2.47. The fourth-order valence-corrected chi connectivity index (χ4v) is 2.78. The normalized spacial score (nSPS) is 16.6. The van der Waals surface area contributed by atoms with Crippen LogP contribution < -0.4 is 10.6 Å². The fraction of sp³-hybridized carbons (Fsp3) is 0.529. The molecule has 0 radical (unpaired) electrons. The van der Waals surface area contributed by atoms with E-state index in [9.17, 15) is 27.2 Å². The average Bonchev–Trinajstić information content (AvgIpc) is 2.80. The lowest BCUT2D eigenvalue weighted by molar-refractivity contribution is -0.125. The molecule has 3 amide bonds. The van der Waals surface area contributed by atoms with E-state index in [0.717, 1.165) is 18.5 Å². The Morgan fingerprint density at radius 3 is 2.30 bits per heavy atom. The lowest BCUT2D eigenvalue weighted by atomic mass is 10.2. The van der Waals surface area contributed by atoms with Crippen molar-refractivity contribution in [3.8, 4) is 0 Å². The number of benzene rings is 1. The third-order valence-corrected chi connectivity index (χ3v) is 4.07. The van der Waals surface area contributed by atoms with Crippen molar-refractivity contribution in [3.63, 3.8) is 0 Å². The van der Waals surface area contributed by atoms with Gasteiger partial charge in [-0.25, -0.2) is 9.18 Å². The Morgan fingerprint density at radius 1 is 1.00 bits per heavy atom. The quantitative estimate of drug-likeness (QED) is 0.752. The molecule has 1 heterocycles. The van der Waals surface area contributed by atoms with Gasteiger partial charge in [-0.3, -0.25) is 19.9 Å². The smallest absolute Gasteiger partial charge is 0.329 e. The fourth-order valence-electron chi connectivity index (χ4n) is 2.78. The average molecular weight is 390 g/mol. The SMILES string of the molecule is O=C(CN1CCCN(Cc2ccc(F)cc2)CC1)NC(=O)NCC(F)(F)F. The van der Waals surface area contributed by atoms with Crippen molar-refractivity contribution < 1.29 is 27.2 Å². The van der Waals surface area contributed by atoms with Crippen molar-refractivity contribution in [1.82, 2.24) is 20.4 Å². The zero-order valence-corrected chi connectivity index (χ0v) is 14.7. The van der Waals surface area contributed by atoms with Gasteiger partial charge in [0.15, 0.2) is 0 Å². The summed E-state index contributed by atoms with van der Waals surface area (Å²) >= 11 is 0. The molecule has 0 aromatic heterocycles. The predicted octanol–water partition coefficient (Wildman–Crippen LogP) is 1.72. The highest BCUT2D eigenvalue weighted by Gasteiger charge is 2.28. The van der Waals surface area contributed by atoms with E-state index in [2.05, 4.69) is 4.90 Å². The van der Waals surface area contributed by atoms with Crippen LogP contribution in [-0.2, 0) is 11.3 Å². The van der Waals surface area contributed by atoms with Gasteiger partial charge >= 0.3 is 12.2 Å². The summed E-state index contributed by atoms with van der Waals surface area (Å²) in [6, 6.07) is 5.11. The summed E-state index contributed by atoms with van der Waals surface area (Å²) < 4.78 is 49.0. The van der Waals surface area contributed by atoms with Crippen LogP contribution in [0.25, 0.3) is 0 Å². The van der Waals surface area contributed by atoms with E-state index in [0.29, 0.717) is 26.2 Å². The number of alkyl halides is 3. The Labute approximate surface area is 154 Å². The van der Waals surface area contributed by atoms with Crippen molar-refractivity contribution in [1.29, 1.82) is 0 Å². The number of carbonyl (C=O) groups is 2. The number of halogens is 4. The minimum atomic E-state index is -4.53. The number of hydrogen-bond acceptors (Lipinski definition) is 4. The summed E-state index contributed by atoms with van der Waals surface area (Å²) in [6.07, 6.45) is -3.73. The zero-order valence-electron chi connectivity index (χ0n) is 14.7. The van der Waals surface area contributed by atoms with Crippen LogP contribution in [-0.4, -0.2) is 67.2 Å². The first-order valence-corrected chi connectivity index (χ1v) is 8.55. The molecule has 1 saturated heterocycles. The summed E-state index contributed by atoms with van der Waals surface area (Å²) in [5, 5.41) is 3.49. The number of urea groups is 1. The molecular formula is C17H22F4N4O2. The second-order valence-corrected chi connectivity index (χ2v) is 6.38. The van der Waals surface area contributed by atoms with Crippen molar-refractivity contribution in [2.45, 2.75) is 19.1 Å². The van der Waals surface area contributed by atoms with Gasteiger partial charge in [-0.05, 0) is 37.2 Å². The zero-order chi connectivity index (χ0) is 19.9. The van der Waals surface area contributed by atoms with E-state index < -0.39 is 24.7 Å². The molecule has 0 atom stereocenters. The number of carbonyl (C=O) groups excluding carboxylic acids is 2. The number of rotatable bonds is 5. The lowest BCUT2D eigenvalue weighted by Gasteiger charge is -2.21. The molecule has 0 aliphatic carbocycles. The van der Waals surface area contributed by atoms with Gasteiger partial charge < -0.3 is 5.32 Å². The van der Waals surface area contributed by atoms with Gasteiger partial charge in [0.25, 0.3) is 0 Å². The van der Waals surface area contributed by atoms with Gasteiger partial charge in [0.2, 0.25) is 5.91 Å². The highest BCUT2D eigenvalue weighted by atomic mass is 19.4. The maximum Gasteiger partial charge on any atom is 0.405 e. The topological polar surface area (TPSA) is 64.7 Å². The molecule has 1 aromatic carbocycles. The van der Waals surface area contributed by atoms with E-state index in [1.165, 1.54) is 12.1 Å². The maximum absolute atomic E-state index is 13.0. The van der Waals surface area contributed by atoms with E-state index in [1.54, 1.807) is 17.4 Å². The summed E-state index contributed by atoms with van der Waals surface area (Å²) in [4.78, 5) is 27.1. The largest absolute Gasteiger partial charge is 0.405 e. The number of nitrogens with one attached hydrogen (secondary N) is 2. The van der Waals surface area contributed by atoms with Gasteiger partial charge in [-0.15, -0.1) is 0 Å². The minimum Gasteiger partial charge on any atom is -0.329 e. The van der Waals surface area contributed by atoms with Crippen LogP contribution in [0.4, 0.5) is 22.4 Å². The first kappa shape index (κ1) is 21.1. The van der Waals surface area contributed by atoms with Gasteiger partial charge in [-0.1, -0.05) is 12.1 Å². The molecule has 150 valence electrons. The second-order valence-electron chi connectivity index (χ2n) is 6.38. The van der Waals surface area contributed by atoms with E-state index in [4.69, 9.17) is 0 Å². The van der Waals surface area contributed by atoms with Crippen LogP contribution >= 0.6 is 0 Å². The number of nitrogens with zero attached hydrogens (tertiary/aromatic N) is 2. The van der Waals surface area contributed by atoms with Crippen LogP contribution in [0, 0.1) is 5.82 Å². The van der Waals surface area contributed by atoms with Gasteiger partial charge in [0.05, 0.1) is 6.54 Å². The van der Waals surface area contributed by atoms with Crippen LogP contribution in [0.3, 0.4) is 0 Å². The first-order chi connectivity index (χ1) is 12.7. The molecule has 2 rings (SSSR count). The van der Waals surface area contributed by atoms with Crippen molar-refractivity contribution in [3.05, 3.63) is 35.6 Å². The highest BCUT2D eigenvalue weighted by molar-refractivity contribution is 5.95. The molecule has 2 N–H and O–H groups in total. The molecule has 1 fully saturated rings. The van der Waals surface area contributed by atoms with Crippen LogP contribution in [0.5, 0.6) is 0 Å². The molecule has 0 saturated carbocycles. The Bertz CT molecular complexity index is 637. The molecule has 1 aromatic rings. The van der Waals surface area contributed by atoms with Crippen LogP contribution in [0.1, 0.15) is 12.0 Å². The van der Waals surface area contributed by atoms with E-state index in [-0.39, 0.29) is 12.4 Å². The summed E-state index contributed by atoms with van der Waals surface area (Å²) in [7, 11) is 0. The van der Waals surface area contributed by atoms with Gasteiger partial charge in [-0.2, -0.15) is 13.2 Å². The Kier molecular flexibility index (Phi) is 7.55. The second kappa shape index (κ2) is 9.65. The van der Waals surface area contributed by atoms with Crippen molar-refractivity contribution in [2.24, 2.45) is 0 Å². The maximum atomic E-state index is 13.0. The van der Waals surface area contributed by atoms with Crippen molar-refractivity contribution >= 4 is 11.9 Å². The number of hydrogen-bond donors (Lipinski definition) is 2. The van der Waals surface area contributed by atoms with Gasteiger partial charge in [0.1, 0.15) is 12.4 Å². The highest BCUT2D eigenvalue weighted by Crippen LogP contribution is 2.12. The Balaban J connectivity index is 1.73. The molecule has 1 aliphatic heterocycles. The molecule has 27 heavy (non-hydrogen) atoms. The number of amides is 3. The third-order valence-electron chi connectivity index (χ3n) is 4.07. The molecular weight excluding hydrogens is 368 g/mol. The van der Waals surface area contributed by atoms with Crippen LogP contribution in [0.15, 0.2) is 24.3 Å². The summed E-state index contributed by atoms with van der Waals surface area (Å²) in [5.41, 5.74) is 0.990. The number of imide groups is 1. The Morgan fingerprint density at radius 2 is 1.63 bits per heavy atom. The standard InChI is InChI=1S/C17H22F4N4O2/c18-14-4-2-13(3-5-14)10-24-6-1-7-25(9-8-24)11-15(26)23-16(27)22-12-17(19,20)21/h2-5H,1,6-12H2,(H2,22,23,26,27). The third kappa shape index (κ3) is 8.35. The molecule has 10 heteroatoms. The molecule has 0 bridgehead atoms. The molecule has 1 aliphatic rings. The minimum absolute atomic E-state index is 0.0656. The van der Waals surface area contributed by atoms with E-state index >= 15 is 0 Å². The van der Waals surface area contributed by atoms with Crippen molar-refractivity contribution in [2.75, 3.05) is 39.3 Å². The van der Waals surface area contributed by atoms with E-state index in [1.807, 2.05) is 10.2 Å². The van der Waals surface area contributed by atoms with Gasteiger partial charge in [0, 0.05) is 19.6 Å². The molecule has 0 unspecified atom stereocenters. The van der Waals surface area contributed by atoms with Crippen LogP contribution in [0.2, 0.25) is 0 Å². The Hall–Kier alpha value is -2.20. The predicted molar refractivity (Wildman–Crippen MR) is 90.3 cm³/mol. The monoisotopic (exact) mass is 390 g/mol. The first-order valence-electron chi connectivity index (χ1n) is 8.55. The molecule has 6 nitrogen and oxygen atoms in total.